The first-order valence-electron chi connectivity index (χ1n) is 6.79. The summed E-state index contributed by atoms with van der Waals surface area (Å²) in [4.78, 5) is 24.2. The van der Waals surface area contributed by atoms with Crippen molar-refractivity contribution in [2.24, 2.45) is 5.92 Å². The van der Waals surface area contributed by atoms with Gasteiger partial charge in [-0.15, -0.1) is 0 Å². The van der Waals surface area contributed by atoms with Crippen molar-refractivity contribution >= 4 is 11.9 Å². The predicted molar refractivity (Wildman–Crippen MR) is 78.0 cm³/mol. The zero-order valence-corrected chi connectivity index (χ0v) is 12.8. The summed E-state index contributed by atoms with van der Waals surface area (Å²) in [5, 5.41) is 2.74. The maximum atomic E-state index is 12.3. The lowest BCUT2D eigenvalue weighted by Gasteiger charge is -2.25. The van der Waals surface area contributed by atoms with E-state index in [1.807, 2.05) is 18.2 Å². The fourth-order valence-corrected chi connectivity index (χ4v) is 1.59. The normalized spacial score (nSPS) is 12.9. The van der Waals surface area contributed by atoms with Crippen molar-refractivity contribution in [3.63, 3.8) is 0 Å². The van der Waals surface area contributed by atoms with Crippen molar-refractivity contribution in [2.75, 3.05) is 0 Å². The van der Waals surface area contributed by atoms with E-state index in [2.05, 4.69) is 5.32 Å². The van der Waals surface area contributed by atoms with E-state index >= 15 is 0 Å². The standard InChI is InChI=1S/C16H23NO3/c1-11(2)14(18)17-13(12-9-7-6-8-10-12)15(19)20-16(3,4)5/h6-11,13H,1-5H3,(H,17,18)/t13-/m0/s1. The van der Waals surface area contributed by atoms with Gasteiger partial charge in [0.1, 0.15) is 5.60 Å². The molecule has 0 aliphatic rings. The summed E-state index contributed by atoms with van der Waals surface area (Å²) < 4.78 is 5.38. The molecular weight excluding hydrogens is 254 g/mol. The van der Waals surface area contributed by atoms with Crippen LogP contribution in [0, 0.1) is 5.92 Å². The average molecular weight is 277 g/mol. The van der Waals surface area contributed by atoms with E-state index in [0.717, 1.165) is 5.56 Å². The summed E-state index contributed by atoms with van der Waals surface area (Å²) in [7, 11) is 0. The minimum atomic E-state index is -0.773. The number of nitrogens with one attached hydrogen (secondary N) is 1. The summed E-state index contributed by atoms with van der Waals surface area (Å²) >= 11 is 0. The molecule has 0 spiro atoms. The highest BCUT2D eigenvalue weighted by Crippen LogP contribution is 2.19. The number of benzene rings is 1. The topological polar surface area (TPSA) is 55.4 Å². The Hall–Kier alpha value is -1.84. The highest BCUT2D eigenvalue weighted by Gasteiger charge is 2.28. The Morgan fingerprint density at radius 2 is 1.65 bits per heavy atom. The van der Waals surface area contributed by atoms with Crippen molar-refractivity contribution in [1.29, 1.82) is 0 Å². The molecule has 0 bridgehead atoms. The second-order valence-corrected chi connectivity index (χ2v) is 6.04. The molecule has 4 nitrogen and oxygen atoms in total. The second-order valence-electron chi connectivity index (χ2n) is 6.04. The van der Waals surface area contributed by atoms with Gasteiger partial charge in [0.05, 0.1) is 0 Å². The van der Waals surface area contributed by atoms with Gasteiger partial charge in [-0.05, 0) is 26.3 Å². The fraction of sp³-hybridized carbons (Fsp3) is 0.500. The van der Waals surface area contributed by atoms with Crippen LogP contribution < -0.4 is 5.32 Å². The zero-order chi connectivity index (χ0) is 15.3. The molecule has 0 aliphatic carbocycles. The third kappa shape index (κ3) is 5.03. The number of hydrogen-bond donors (Lipinski definition) is 1. The lowest BCUT2D eigenvalue weighted by atomic mass is 10.1. The first kappa shape index (κ1) is 16.2. The number of carbonyl (C=O) groups excluding carboxylic acids is 2. The minimum absolute atomic E-state index is 0.176. The number of rotatable bonds is 4. The van der Waals surface area contributed by atoms with Crippen LogP contribution in [0.1, 0.15) is 46.2 Å². The summed E-state index contributed by atoms with van der Waals surface area (Å²) in [5.41, 5.74) is 0.128. The van der Waals surface area contributed by atoms with E-state index in [9.17, 15) is 9.59 Å². The summed E-state index contributed by atoms with van der Waals surface area (Å²) in [6.07, 6.45) is 0. The molecule has 0 aliphatic heterocycles. The molecule has 0 heterocycles. The zero-order valence-electron chi connectivity index (χ0n) is 12.8. The van der Waals surface area contributed by atoms with Crippen LogP contribution >= 0.6 is 0 Å². The van der Waals surface area contributed by atoms with E-state index in [1.165, 1.54) is 0 Å². The van der Waals surface area contributed by atoms with Crippen molar-refractivity contribution in [2.45, 2.75) is 46.3 Å². The molecule has 0 unspecified atom stereocenters. The molecule has 1 amide bonds. The number of ether oxygens (including phenoxy) is 1. The van der Waals surface area contributed by atoms with Gasteiger partial charge >= 0.3 is 5.97 Å². The SMILES string of the molecule is CC(C)C(=O)N[C@H](C(=O)OC(C)(C)C)c1ccccc1. The molecule has 0 radical (unpaired) electrons. The highest BCUT2D eigenvalue weighted by atomic mass is 16.6. The largest absolute Gasteiger partial charge is 0.458 e. The van der Waals surface area contributed by atoms with Crippen LogP contribution in [0.3, 0.4) is 0 Å². The van der Waals surface area contributed by atoms with Gasteiger partial charge in [0, 0.05) is 5.92 Å². The van der Waals surface area contributed by atoms with Gasteiger partial charge in [-0.3, -0.25) is 4.79 Å². The summed E-state index contributed by atoms with van der Waals surface area (Å²) in [6, 6.07) is 8.34. The molecule has 1 rings (SSSR count). The highest BCUT2D eigenvalue weighted by molar-refractivity contribution is 5.86. The van der Waals surface area contributed by atoms with E-state index in [0.29, 0.717) is 0 Å². The molecule has 1 aromatic rings. The third-order valence-electron chi connectivity index (χ3n) is 2.59. The van der Waals surface area contributed by atoms with Gasteiger partial charge in [0.2, 0.25) is 5.91 Å². The van der Waals surface area contributed by atoms with Gasteiger partial charge in [0.15, 0.2) is 6.04 Å². The Morgan fingerprint density at radius 1 is 1.10 bits per heavy atom. The van der Waals surface area contributed by atoms with E-state index < -0.39 is 17.6 Å². The average Bonchev–Trinajstić information content (AvgIpc) is 2.34. The smallest absolute Gasteiger partial charge is 0.333 e. The van der Waals surface area contributed by atoms with Crippen LogP contribution in [0.15, 0.2) is 30.3 Å². The molecule has 110 valence electrons. The first-order valence-corrected chi connectivity index (χ1v) is 6.79. The predicted octanol–water partition coefficient (Wildman–Crippen LogP) is 2.84. The second kappa shape index (κ2) is 6.55. The van der Waals surface area contributed by atoms with Crippen LogP contribution in [0.4, 0.5) is 0 Å². The summed E-state index contributed by atoms with van der Waals surface area (Å²) in [6.45, 7) is 8.98. The van der Waals surface area contributed by atoms with Crippen LogP contribution in [-0.4, -0.2) is 17.5 Å². The quantitative estimate of drug-likeness (QED) is 0.861. The minimum Gasteiger partial charge on any atom is -0.458 e. The molecule has 1 aromatic carbocycles. The van der Waals surface area contributed by atoms with E-state index in [1.54, 1.807) is 46.8 Å². The van der Waals surface area contributed by atoms with Gasteiger partial charge in [-0.2, -0.15) is 0 Å². The Morgan fingerprint density at radius 3 is 2.10 bits per heavy atom. The van der Waals surface area contributed by atoms with Gasteiger partial charge in [0.25, 0.3) is 0 Å². The molecule has 4 heteroatoms. The molecule has 20 heavy (non-hydrogen) atoms. The fourth-order valence-electron chi connectivity index (χ4n) is 1.59. The van der Waals surface area contributed by atoms with Crippen LogP contribution in [0.5, 0.6) is 0 Å². The van der Waals surface area contributed by atoms with Crippen molar-refractivity contribution < 1.29 is 14.3 Å². The lowest BCUT2D eigenvalue weighted by Crippen LogP contribution is -2.39. The molecular formula is C16H23NO3. The third-order valence-corrected chi connectivity index (χ3v) is 2.59. The van der Waals surface area contributed by atoms with Crippen LogP contribution in [0.25, 0.3) is 0 Å². The van der Waals surface area contributed by atoms with E-state index in [4.69, 9.17) is 4.74 Å². The Balaban J connectivity index is 2.96. The Bertz CT molecular complexity index is 460. The van der Waals surface area contributed by atoms with Crippen molar-refractivity contribution in [1.82, 2.24) is 5.32 Å². The van der Waals surface area contributed by atoms with Gasteiger partial charge < -0.3 is 10.1 Å². The first-order chi connectivity index (χ1) is 9.20. The van der Waals surface area contributed by atoms with Gasteiger partial charge in [-0.25, -0.2) is 4.79 Å². The van der Waals surface area contributed by atoms with Crippen LogP contribution in [0.2, 0.25) is 0 Å². The van der Waals surface area contributed by atoms with Crippen LogP contribution in [-0.2, 0) is 14.3 Å². The van der Waals surface area contributed by atoms with Crippen molar-refractivity contribution in [3.8, 4) is 0 Å². The Kier molecular flexibility index (Phi) is 5.31. The number of esters is 1. The number of carbonyl (C=O) groups is 2. The van der Waals surface area contributed by atoms with Gasteiger partial charge in [-0.1, -0.05) is 44.2 Å². The molecule has 0 saturated carbocycles. The lowest BCUT2D eigenvalue weighted by molar-refractivity contribution is -0.159. The number of hydrogen-bond acceptors (Lipinski definition) is 3. The number of amides is 1. The molecule has 0 fully saturated rings. The summed E-state index contributed by atoms with van der Waals surface area (Å²) in [5.74, 6) is -0.814. The molecule has 1 atom stereocenters. The molecule has 0 saturated heterocycles. The molecule has 1 N–H and O–H groups in total. The van der Waals surface area contributed by atoms with Crippen molar-refractivity contribution in [3.05, 3.63) is 35.9 Å². The van der Waals surface area contributed by atoms with E-state index in [-0.39, 0.29) is 11.8 Å². The Labute approximate surface area is 120 Å². The maximum Gasteiger partial charge on any atom is 0.333 e. The monoisotopic (exact) mass is 277 g/mol. The molecule has 0 aromatic heterocycles. The maximum absolute atomic E-state index is 12.3.